The average Bonchev–Trinajstić information content (AvgIpc) is 2.22. The molecule has 3 saturated carbocycles. The van der Waals surface area contributed by atoms with Crippen molar-refractivity contribution in [2.45, 2.75) is 31.7 Å². The van der Waals surface area contributed by atoms with Gasteiger partial charge in [-0.25, -0.2) is 0 Å². The SMILES string of the molecule is NC(C(=O)O)C12CC(Cc3ccccc3)(C1)C2. The fourth-order valence-corrected chi connectivity index (χ4v) is 3.89. The predicted molar refractivity (Wildman–Crippen MR) is 64.5 cm³/mol. The molecule has 0 saturated heterocycles. The molecule has 0 heterocycles. The number of nitrogens with two attached hydrogens (primary N) is 1. The van der Waals surface area contributed by atoms with E-state index in [1.807, 2.05) is 6.07 Å². The maximum Gasteiger partial charge on any atom is 0.321 e. The Labute approximate surface area is 101 Å². The molecule has 3 N–H and O–H groups in total. The number of rotatable bonds is 4. The third-order valence-electron chi connectivity index (χ3n) is 4.53. The molecule has 3 nitrogen and oxygen atoms in total. The van der Waals surface area contributed by atoms with E-state index < -0.39 is 12.0 Å². The Balaban J connectivity index is 1.64. The van der Waals surface area contributed by atoms with E-state index in [9.17, 15) is 4.79 Å². The molecule has 1 aromatic carbocycles. The third kappa shape index (κ3) is 1.49. The number of carboxylic acid groups (broad SMARTS) is 1. The van der Waals surface area contributed by atoms with Crippen LogP contribution < -0.4 is 5.73 Å². The van der Waals surface area contributed by atoms with Crippen molar-refractivity contribution in [3.05, 3.63) is 35.9 Å². The van der Waals surface area contributed by atoms with Crippen LogP contribution in [0.15, 0.2) is 30.3 Å². The molecule has 3 aliphatic rings. The Morgan fingerprint density at radius 1 is 1.29 bits per heavy atom. The summed E-state index contributed by atoms with van der Waals surface area (Å²) >= 11 is 0. The zero-order chi connectivity index (χ0) is 12.1. The van der Waals surface area contributed by atoms with Crippen LogP contribution in [-0.2, 0) is 11.2 Å². The van der Waals surface area contributed by atoms with Crippen molar-refractivity contribution in [3.63, 3.8) is 0 Å². The van der Waals surface area contributed by atoms with Crippen molar-refractivity contribution in [3.8, 4) is 0 Å². The van der Waals surface area contributed by atoms with Crippen LogP contribution in [0.5, 0.6) is 0 Å². The quantitative estimate of drug-likeness (QED) is 0.830. The molecule has 3 heteroatoms. The second-order valence-corrected chi connectivity index (χ2v) is 5.87. The van der Waals surface area contributed by atoms with Gasteiger partial charge < -0.3 is 10.8 Å². The molecule has 4 rings (SSSR count). The maximum absolute atomic E-state index is 10.9. The van der Waals surface area contributed by atoms with Gasteiger partial charge in [0.25, 0.3) is 0 Å². The smallest absolute Gasteiger partial charge is 0.321 e. The summed E-state index contributed by atoms with van der Waals surface area (Å²) in [6.45, 7) is 0. The van der Waals surface area contributed by atoms with Crippen molar-refractivity contribution < 1.29 is 9.90 Å². The summed E-state index contributed by atoms with van der Waals surface area (Å²) in [4.78, 5) is 10.9. The first-order chi connectivity index (χ1) is 8.05. The van der Waals surface area contributed by atoms with Gasteiger partial charge in [0.2, 0.25) is 0 Å². The monoisotopic (exact) mass is 231 g/mol. The predicted octanol–water partition coefficient (Wildman–Crippen LogP) is 1.81. The van der Waals surface area contributed by atoms with Crippen LogP contribution in [0.4, 0.5) is 0 Å². The van der Waals surface area contributed by atoms with E-state index in [1.54, 1.807) is 0 Å². The Morgan fingerprint density at radius 3 is 2.41 bits per heavy atom. The highest BCUT2D eigenvalue weighted by Crippen LogP contribution is 2.75. The molecular weight excluding hydrogens is 214 g/mol. The molecule has 3 fully saturated rings. The summed E-state index contributed by atoms with van der Waals surface area (Å²) in [5, 5.41) is 8.96. The Hall–Kier alpha value is -1.35. The van der Waals surface area contributed by atoms with Crippen LogP contribution in [0.3, 0.4) is 0 Å². The highest BCUT2D eigenvalue weighted by atomic mass is 16.4. The lowest BCUT2D eigenvalue weighted by molar-refractivity contribution is -0.219. The summed E-state index contributed by atoms with van der Waals surface area (Å²) in [6, 6.07) is 9.75. The molecule has 17 heavy (non-hydrogen) atoms. The van der Waals surface area contributed by atoms with Gasteiger partial charge in [0.1, 0.15) is 6.04 Å². The number of carbonyl (C=O) groups is 1. The topological polar surface area (TPSA) is 63.3 Å². The van der Waals surface area contributed by atoms with Crippen LogP contribution >= 0.6 is 0 Å². The molecule has 1 atom stereocenters. The number of hydrogen-bond donors (Lipinski definition) is 2. The van der Waals surface area contributed by atoms with E-state index in [2.05, 4.69) is 24.3 Å². The molecule has 0 aromatic heterocycles. The lowest BCUT2D eigenvalue weighted by Gasteiger charge is -2.72. The van der Waals surface area contributed by atoms with Crippen LogP contribution in [0.1, 0.15) is 24.8 Å². The van der Waals surface area contributed by atoms with Gasteiger partial charge in [0.15, 0.2) is 0 Å². The summed E-state index contributed by atoms with van der Waals surface area (Å²) in [5.41, 5.74) is 7.37. The fraction of sp³-hybridized carbons (Fsp3) is 0.500. The summed E-state index contributed by atoms with van der Waals surface area (Å²) in [7, 11) is 0. The lowest BCUT2D eigenvalue weighted by atomic mass is 9.32. The van der Waals surface area contributed by atoms with E-state index in [1.165, 1.54) is 5.56 Å². The molecule has 0 aliphatic heterocycles. The van der Waals surface area contributed by atoms with E-state index in [0.717, 1.165) is 25.7 Å². The lowest BCUT2D eigenvalue weighted by Crippen LogP contribution is -2.71. The van der Waals surface area contributed by atoms with Gasteiger partial charge in [0.05, 0.1) is 0 Å². The van der Waals surface area contributed by atoms with Crippen molar-refractivity contribution in [2.75, 3.05) is 0 Å². The zero-order valence-corrected chi connectivity index (χ0v) is 9.73. The molecule has 0 amide bonds. The number of hydrogen-bond acceptors (Lipinski definition) is 2. The molecule has 1 unspecified atom stereocenters. The van der Waals surface area contributed by atoms with Crippen LogP contribution in [0.25, 0.3) is 0 Å². The number of carboxylic acids is 1. The summed E-state index contributed by atoms with van der Waals surface area (Å²) in [6.07, 6.45) is 4.04. The molecule has 0 spiro atoms. The molecule has 0 radical (unpaired) electrons. The van der Waals surface area contributed by atoms with Crippen molar-refractivity contribution in [1.29, 1.82) is 0 Å². The van der Waals surface area contributed by atoms with Crippen LogP contribution in [0, 0.1) is 10.8 Å². The minimum absolute atomic E-state index is 0.0827. The van der Waals surface area contributed by atoms with Crippen LogP contribution in [-0.4, -0.2) is 17.1 Å². The van der Waals surface area contributed by atoms with Gasteiger partial charge in [-0.2, -0.15) is 0 Å². The highest BCUT2D eigenvalue weighted by Gasteiger charge is 2.70. The van der Waals surface area contributed by atoms with Crippen LogP contribution in [0.2, 0.25) is 0 Å². The Kier molecular flexibility index (Phi) is 2.11. The van der Waals surface area contributed by atoms with Crippen molar-refractivity contribution >= 4 is 5.97 Å². The van der Waals surface area contributed by atoms with Crippen molar-refractivity contribution in [1.82, 2.24) is 0 Å². The molecular formula is C14H17NO2. The first-order valence-electron chi connectivity index (χ1n) is 6.08. The van der Waals surface area contributed by atoms with Gasteiger partial charge >= 0.3 is 5.97 Å². The van der Waals surface area contributed by atoms with Gasteiger partial charge in [-0.05, 0) is 42.1 Å². The van der Waals surface area contributed by atoms with E-state index in [0.29, 0.717) is 5.41 Å². The van der Waals surface area contributed by atoms with Gasteiger partial charge in [-0.15, -0.1) is 0 Å². The number of aliphatic carboxylic acids is 1. The van der Waals surface area contributed by atoms with E-state index in [-0.39, 0.29) is 5.41 Å². The first kappa shape index (κ1) is 10.8. The summed E-state index contributed by atoms with van der Waals surface area (Å²) < 4.78 is 0. The highest BCUT2D eigenvalue weighted by molar-refractivity contribution is 5.75. The maximum atomic E-state index is 10.9. The standard InChI is InChI=1S/C14H17NO2/c15-11(12(16)17)14-7-13(8-14,9-14)6-10-4-2-1-3-5-10/h1-5,11H,6-9,15H2,(H,16,17). The summed E-state index contributed by atoms with van der Waals surface area (Å²) in [5.74, 6) is -0.849. The molecule has 3 aliphatic carbocycles. The fourth-order valence-electron chi connectivity index (χ4n) is 3.89. The third-order valence-corrected chi connectivity index (χ3v) is 4.53. The molecule has 2 bridgehead atoms. The molecule has 90 valence electrons. The van der Waals surface area contributed by atoms with E-state index in [4.69, 9.17) is 10.8 Å². The van der Waals surface area contributed by atoms with Gasteiger partial charge in [-0.3, -0.25) is 4.79 Å². The first-order valence-corrected chi connectivity index (χ1v) is 6.08. The van der Waals surface area contributed by atoms with Crippen molar-refractivity contribution in [2.24, 2.45) is 16.6 Å². The largest absolute Gasteiger partial charge is 0.480 e. The Morgan fingerprint density at radius 2 is 1.88 bits per heavy atom. The Bertz CT molecular complexity index is 435. The normalized spacial score (nSPS) is 35.6. The molecule has 1 aromatic rings. The van der Waals surface area contributed by atoms with E-state index >= 15 is 0 Å². The second-order valence-electron chi connectivity index (χ2n) is 5.87. The zero-order valence-electron chi connectivity index (χ0n) is 9.73. The number of benzene rings is 1. The average molecular weight is 231 g/mol. The minimum atomic E-state index is -0.849. The second kappa shape index (κ2) is 3.33. The van der Waals surface area contributed by atoms with Gasteiger partial charge in [-0.1, -0.05) is 30.3 Å². The minimum Gasteiger partial charge on any atom is -0.480 e. The van der Waals surface area contributed by atoms with Gasteiger partial charge in [0, 0.05) is 0 Å².